The molecule has 0 aromatic carbocycles. The van der Waals surface area contributed by atoms with E-state index >= 15 is 0 Å². The smallest absolute Gasteiger partial charge is 0.230 e. The summed E-state index contributed by atoms with van der Waals surface area (Å²) in [5.74, 6) is 0.549. The third-order valence-corrected chi connectivity index (χ3v) is 7.01. The first-order valence-corrected chi connectivity index (χ1v) is 11.5. The molecule has 0 saturated carbocycles. The van der Waals surface area contributed by atoms with Gasteiger partial charge in [-0.3, -0.25) is 4.79 Å². The number of oxazole rings is 1. The van der Waals surface area contributed by atoms with Crippen LogP contribution in [-0.4, -0.2) is 51.5 Å². The quantitative estimate of drug-likeness (QED) is 0.622. The summed E-state index contributed by atoms with van der Waals surface area (Å²) in [6.07, 6.45) is 5.32. The number of nitrogens with one attached hydrogen (secondary N) is 1. The van der Waals surface area contributed by atoms with Crippen LogP contribution in [0.3, 0.4) is 0 Å². The van der Waals surface area contributed by atoms with Crippen molar-refractivity contribution in [1.82, 2.24) is 19.9 Å². The van der Waals surface area contributed by atoms with Crippen LogP contribution in [0.5, 0.6) is 5.88 Å². The second-order valence-electron chi connectivity index (χ2n) is 9.27. The SMILES string of the molecule is COc1cc([C@@H](C)C(=O)N2CC[C@@]3(CCc4cc(-c5coc(C)n5)c(C)nc4N3)C2)c(F)cn1. The molecule has 2 aliphatic heterocycles. The minimum absolute atomic E-state index is 0.0995. The number of nitrogens with zero attached hydrogens (tertiary/aromatic N) is 4. The first-order chi connectivity index (χ1) is 16.3. The standard InChI is InChI=1S/C25H28FN5O3/c1-14(18-10-22(33-4)27-11-20(18)26)24(32)31-8-7-25(13-31)6-5-17-9-19(15(2)28-23(17)30-25)21-12-34-16(3)29-21/h9-12,14H,5-8,13H2,1-4H3,(H,28,30)/t14-,25+/m1/s1. The van der Waals surface area contributed by atoms with E-state index in [0.29, 0.717) is 30.4 Å². The Morgan fingerprint density at radius 2 is 2.12 bits per heavy atom. The van der Waals surface area contributed by atoms with Crippen LogP contribution in [0.15, 0.2) is 29.0 Å². The zero-order valence-electron chi connectivity index (χ0n) is 19.8. The molecule has 1 spiro atoms. The van der Waals surface area contributed by atoms with E-state index in [9.17, 15) is 9.18 Å². The first kappa shape index (κ1) is 22.3. The molecule has 3 aromatic rings. The average Bonchev–Trinajstić information content (AvgIpc) is 3.44. The Hall–Kier alpha value is -3.49. The molecule has 5 rings (SSSR count). The number of aromatic nitrogens is 3. The highest BCUT2D eigenvalue weighted by atomic mass is 19.1. The highest BCUT2D eigenvalue weighted by Crippen LogP contribution is 2.39. The summed E-state index contributed by atoms with van der Waals surface area (Å²) in [4.78, 5) is 28.2. The van der Waals surface area contributed by atoms with Gasteiger partial charge in [0.25, 0.3) is 0 Å². The second kappa shape index (κ2) is 8.38. The number of halogens is 1. The molecule has 1 amide bonds. The summed E-state index contributed by atoms with van der Waals surface area (Å²) in [5, 5.41) is 3.64. The highest BCUT2D eigenvalue weighted by Gasteiger charge is 2.43. The molecule has 5 heterocycles. The fourth-order valence-electron chi connectivity index (χ4n) is 5.03. The molecule has 9 heteroatoms. The summed E-state index contributed by atoms with van der Waals surface area (Å²) >= 11 is 0. The van der Waals surface area contributed by atoms with Crippen LogP contribution in [-0.2, 0) is 11.2 Å². The molecule has 0 unspecified atom stereocenters. The van der Waals surface area contributed by atoms with Gasteiger partial charge in [0.15, 0.2) is 5.89 Å². The van der Waals surface area contributed by atoms with Gasteiger partial charge in [-0.25, -0.2) is 19.3 Å². The number of rotatable bonds is 4. The number of ether oxygens (including phenoxy) is 1. The van der Waals surface area contributed by atoms with Crippen molar-refractivity contribution in [3.8, 4) is 17.1 Å². The summed E-state index contributed by atoms with van der Waals surface area (Å²) in [6, 6.07) is 3.63. The minimum atomic E-state index is -0.628. The van der Waals surface area contributed by atoms with E-state index in [1.54, 1.807) is 13.2 Å². The molecule has 2 aliphatic rings. The summed E-state index contributed by atoms with van der Waals surface area (Å²) in [5.41, 5.74) is 3.83. The Balaban J connectivity index is 1.33. The van der Waals surface area contributed by atoms with E-state index in [4.69, 9.17) is 14.1 Å². The third-order valence-electron chi connectivity index (χ3n) is 7.01. The van der Waals surface area contributed by atoms with Gasteiger partial charge in [0.05, 0.1) is 24.8 Å². The van der Waals surface area contributed by atoms with Crippen LogP contribution >= 0.6 is 0 Å². The summed E-state index contributed by atoms with van der Waals surface area (Å²) < 4.78 is 24.9. The van der Waals surface area contributed by atoms with Gasteiger partial charge in [0.1, 0.15) is 23.6 Å². The molecule has 2 atom stereocenters. The zero-order chi connectivity index (χ0) is 24.0. The average molecular weight is 466 g/mol. The van der Waals surface area contributed by atoms with Crippen molar-refractivity contribution < 1.29 is 18.3 Å². The lowest BCUT2D eigenvalue weighted by Gasteiger charge is -2.36. The van der Waals surface area contributed by atoms with Crippen LogP contribution in [0.4, 0.5) is 10.2 Å². The van der Waals surface area contributed by atoms with Crippen molar-refractivity contribution in [3.63, 3.8) is 0 Å². The Morgan fingerprint density at radius 1 is 1.29 bits per heavy atom. The number of anilines is 1. The van der Waals surface area contributed by atoms with Crippen molar-refractivity contribution in [3.05, 3.63) is 53.1 Å². The zero-order valence-corrected chi connectivity index (χ0v) is 19.8. The lowest BCUT2D eigenvalue weighted by Crippen LogP contribution is -2.46. The normalized spacial score (nSPS) is 20.2. The second-order valence-corrected chi connectivity index (χ2v) is 9.27. The number of aryl methyl sites for hydroxylation is 3. The van der Waals surface area contributed by atoms with Crippen LogP contribution in [0.1, 0.15) is 48.4 Å². The molecule has 34 heavy (non-hydrogen) atoms. The summed E-state index contributed by atoms with van der Waals surface area (Å²) in [6.45, 7) is 6.69. The molecule has 0 radical (unpaired) electrons. The third kappa shape index (κ3) is 3.89. The van der Waals surface area contributed by atoms with Crippen molar-refractivity contribution in [2.75, 3.05) is 25.5 Å². The number of hydrogen-bond donors (Lipinski definition) is 1. The van der Waals surface area contributed by atoms with Gasteiger partial charge < -0.3 is 19.4 Å². The van der Waals surface area contributed by atoms with E-state index in [1.807, 2.05) is 18.7 Å². The summed E-state index contributed by atoms with van der Waals surface area (Å²) in [7, 11) is 1.47. The topological polar surface area (TPSA) is 93.4 Å². The molecular weight excluding hydrogens is 437 g/mol. The molecule has 0 aliphatic carbocycles. The molecule has 8 nitrogen and oxygen atoms in total. The largest absolute Gasteiger partial charge is 0.481 e. The maximum Gasteiger partial charge on any atom is 0.230 e. The van der Waals surface area contributed by atoms with Crippen molar-refractivity contribution in [1.29, 1.82) is 0 Å². The lowest BCUT2D eigenvalue weighted by molar-refractivity contribution is -0.131. The van der Waals surface area contributed by atoms with Gasteiger partial charge in [0, 0.05) is 42.9 Å². The molecule has 1 fully saturated rings. The lowest BCUT2D eigenvalue weighted by atomic mass is 9.86. The van der Waals surface area contributed by atoms with E-state index in [2.05, 4.69) is 21.4 Å². The Labute approximate surface area is 197 Å². The van der Waals surface area contributed by atoms with E-state index in [0.717, 1.165) is 53.8 Å². The van der Waals surface area contributed by atoms with Crippen LogP contribution in [0.25, 0.3) is 11.3 Å². The monoisotopic (exact) mass is 465 g/mol. The van der Waals surface area contributed by atoms with Crippen LogP contribution < -0.4 is 10.1 Å². The predicted molar refractivity (Wildman–Crippen MR) is 124 cm³/mol. The van der Waals surface area contributed by atoms with Gasteiger partial charge in [0.2, 0.25) is 11.8 Å². The maximum atomic E-state index is 14.4. The molecular formula is C25H28FN5O3. The number of amides is 1. The van der Waals surface area contributed by atoms with Crippen LogP contribution in [0, 0.1) is 19.7 Å². The van der Waals surface area contributed by atoms with Gasteiger partial charge in [-0.1, -0.05) is 0 Å². The molecule has 1 N–H and O–H groups in total. The van der Waals surface area contributed by atoms with Gasteiger partial charge in [-0.05, 0) is 44.7 Å². The molecule has 0 bridgehead atoms. The van der Waals surface area contributed by atoms with Crippen LogP contribution in [0.2, 0.25) is 0 Å². The number of likely N-dealkylation sites (tertiary alicyclic amines) is 1. The number of pyridine rings is 2. The molecule has 178 valence electrons. The Morgan fingerprint density at radius 3 is 2.85 bits per heavy atom. The van der Waals surface area contributed by atoms with E-state index < -0.39 is 11.7 Å². The number of fused-ring (bicyclic) bond motifs is 1. The first-order valence-electron chi connectivity index (χ1n) is 11.5. The Bertz CT molecular complexity index is 1260. The van der Waals surface area contributed by atoms with E-state index in [-0.39, 0.29) is 11.4 Å². The number of hydrogen-bond acceptors (Lipinski definition) is 7. The maximum absolute atomic E-state index is 14.4. The van der Waals surface area contributed by atoms with Gasteiger partial charge in [-0.2, -0.15) is 0 Å². The minimum Gasteiger partial charge on any atom is -0.481 e. The van der Waals surface area contributed by atoms with Gasteiger partial charge >= 0.3 is 0 Å². The van der Waals surface area contributed by atoms with Gasteiger partial charge in [-0.15, -0.1) is 0 Å². The fraction of sp³-hybridized carbons (Fsp3) is 0.440. The molecule has 3 aromatic heterocycles. The van der Waals surface area contributed by atoms with E-state index in [1.165, 1.54) is 13.2 Å². The number of methoxy groups -OCH3 is 1. The molecule has 1 saturated heterocycles. The highest BCUT2D eigenvalue weighted by molar-refractivity contribution is 5.84. The Kier molecular flexibility index (Phi) is 5.50. The van der Waals surface area contributed by atoms with Crippen molar-refractivity contribution in [2.45, 2.75) is 51.5 Å². The predicted octanol–water partition coefficient (Wildman–Crippen LogP) is 4.03. The van der Waals surface area contributed by atoms with Crippen molar-refractivity contribution in [2.24, 2.45) is 0 Å². The fourth-order valence-corrected chi connectivity index (χ4v) is 5.03. The number of carbonyl (C=O) groups excluding carboxylic acids is 1. The van der Waals surface area contributed by atoms with Crippen molar-refractivity contribution >= 4 is 11.7 Å². The number of carbonyl (C=O) groups is 1.